The number of rotatable bonds is 7. The molecule has 34 heavy (non-hydrogen) atoms. The van der Waals surface area contributed by atoms with Crippen LogP contribution in [0.5, 0.6) is 0 Å². The summed E-state index contributed by atoms with van der Waals surface area (Å²) >= 11 is 0. The highest BCUT2D eigenvalue weighted by molar-refractivity contribution is 7.92. The molecule has 1 aromatic heterocycles. The monoisotopic (exact) mass is 487 g/mol. The number of aliphatic hydroxyl groups excluding tert-OH is 2. The van der Waals surface area contributed by atoms with Crippen LogP contribution in [0.25, 0.3) is 10.9 Å². The third-order valence-electron chi connectivity index (χ3n) is 6.10. The number of hydroxylamine groups is 1. The predicted octanol–water partition coefficient (Wildman–Crippen LogP) is -0.560. The molecule has 0 bridgehead atoms. The van der Waals surface area contributed by atoms with E-state index in [0.29, 0.717) is 16.5 Å². The summed E-state index contributed by atoms with van der Waals surface area (Å²) in [5.41, 5.74) is 1.96. The second-order valence-corrected chi connectivity index (χ2v) is 10.9. The lowest BCUT2D eigenvalue weighted by molar-refractivity contribution is -0.131. The van der Waals surface area contributed by atoms with Crippen LogP contribution in [0.15, 0.2) is 29.3 Å². The minimum atomic E-state index is -3.89. The number of carbonyl (C=O) groups excluding carboxylic acids is 1. The number of benzene rings is 1. The van der Waals surface area contributed by atoms with Gasteiger partial charge in [0.25, 0.3) is 11.5 Å². The first-order valence-electron chi connectivity index (χ1n) is 10.5. The van der Waals surface area contributed by atoms with Crippen molar-refractivity contribution >= 4 is 26.6 Å². The Labute approximate surface area is 196 Å². The van der Waals surface area contributed by atoms with Crippen LogP contribution in [0.3, 0.4) is 0 Å². The fourth-order valence-corrected chi connectivity index (χ4v) is 4.33. The molecule has 180 valence electrons. The van der Waals surface area contributed by atoms with E-state index in [0.717, 1.165) is 12.7 Å². The van der Waals surface area contributed by atoms with Crippen LogP contribution in [0.2, 0.25) is 0 Å². The van der Waals surface area contributed by atoms with Gasteiger partial charge in [-0.1, -0.05) is 11.8 Å². The van der Waals surface area contributed by atoms with E-state index in [4.69, 9.17) is 10.3 Å². The molecule has 1 aliphatic rings. The van der Waals surface area contributed by atoms with Gasteiger partial charge in [0.05, 0.1) is 29.9 Å². The molecule has 3 rings (SSSR count). The van der Waals surface area contributed by atoms with E-state index in [1.54, 1.807) is 18.2 Å². The highest BCUT2D eigenvalue weighted by Gasteiger charge is 2.43. The van der Waals surface area contributed by atoms with Gasteiger partial charge >= 0.3 is 0 Å². The highest BCUT2D eigenvalue weighted by atomic mass is 32.2. The lowest BCUT2D eigenvalue weighted by atomic mass is 10.1. The molecule has 11 heteroatoms. The van der Waals surface area contributed by atoms with Gasteiger partial charge in [0.2, 0.25) is 0 Å². The first-order chi connectivity index (χ1) is 16.0. The number of carbonyl (C=O) groups is 1. The van der Waals surface area contributed by atoms with Crippen molar-refractivity contribution in [3.63, 3.8) is 0 Å². The van der Waals surface area contributed by atoms with Gasteiger partial charge in [0.15, 0.2) is 14.6 Å². The summed E-state index contributed by atoms with van der Waals surface area (Å²) in [4.78, 5) is 29.0. The molecule has 0 aliphatic heterocycles. The number of amides is 1. The topological polar surface area (TPSA) is 159 Å². The Morgan fingerprint density at radius 3 is 2.76 bits per heavy atom. The lowest BCUT2D eigenvalue weighted by Crippen LogP contribution is -2.50. The standard InChI is InChI=1S/C23H25N3O7S/c1-23(22(30)25-31,34(2,32)33)9-10-26-14-24-19-11-15(7-8-17(19)21(26)29)5-3-4-6-16-12-18(16)20(28)13-27/h7-8,11,14,16,18,20,27-28,31H,9-10,12-13H2,1-2H3,(H,25,30)/t16-,18-,20?,23?/m1/s1. The van der Waals surface area contributed by atoms with Crippen LogP contribution in [-0.2, 0) is 21.2 Å². The van der Waals surface area contributed by atoms with Crippen molar-refractivity contribution in [3.05, 3.63) is 40.4 Å². The summed E-state index contributed by atoms with van der Waals surface area (Å²) in [5.74, 6) is 10.2. The van der Waals surface area contributed by atoms with Gasteiger partial charge in [-0.05, 0) is 49.8 Å². The molecule has 1 fully saturated rings. The van der Waals surface area contributed by atoms with Crippen molar-refractivity contribution in [1.82, 2.24) is 15.0 Å². The van der Waals surface area contributed by atoms with Crippen LogP contribution < -0.4 is 11.0 Å². The van der Waals surface area contributed by atoms with Crippen molar-refractivity contribution in [2.45, 2.75) is 37.2 Å². The van der Waals surface area contributed by atoms with Gasteiger partial charge in [-0.3, -0.25) is 19.4 Å². The molecule has 1 saturated carbocycles. The molecule has 4 N–H and O–H groups in total. The minimum absolute atomic E-state index is 0.0142. The summed E-state index contributed by atoms with van der Waals surface area (Å²) in [6, 6.07) is 4.83. The molecular formula is C23H25N3O7S. The first-order valence-corrected chi connectivity index (χ1v) is 12.3. The predicted molar refractivity (Wildman–Crippen MR) is 123 cm³/mol. The number of aryl methyl sites for hydroxylation is 1. The number of aliphatic hydroxyl groups is 2. The smallest absolute Gasteiger partial charge is 0.264 e. The minimum Gasteiger partial charge on any atom is -0.394 e. The summed E-state index contributed by atoms with van der Waals surface area (Å²) in [5, 5.41) is 27.7. The second kappa shape index (κ2) is 9.95. The maximum atomic E-state index is 12.8. The maximum Gasteiger partial charge on any atom is 0.264 e. The Bertz CT molecular complexity index is 1390. The van der Waals surface area contributed by atoms with E-state index in [2.05, 4.69) is 28.7 Å². The molecule has 1 amide bonds. The summed E-state index contributed by atoms with van der Waals surface area (Å²) in [7, 11) is -3.89. The zero-order valence-electron chi connectivity index (χ0n) is 18.6. The Morgan fingerprint density at radius 1 is 1.38 bits per heavy atom. The molecule has 1 heterocycles. The van der Waals surface area contributed by atoms with Gasteiger partial charge < -0.3 is 10.2 Å². The van der Waals surface area contributed by atoms with Gasteiger partial charge in [-0.15, -0.1) is 0 Å². The highest BCUT2D eigenvalue weighted by Crippen LogP contribution is 2.40. The number of aromatic nitrogens is 2. The number of hydrogen-bond donors (Lipinski definition) is 4. The lowest BCUT2D eigenvalue weighted by Gasteiger charge is -2.25. The molecule has 1 aliphatic carbocycles. The third kappa shape index (κ3) is 5.29. The molecular weight excluding hydrogens is 462 g/mol. The van der Waals surface area contributed by atoms with Crippen molar-refractivity contribution < 1.29 is 28.6 Å². The van der Waals surface area contributed by atoms with E-state index in [9.17, 15) is 23.1 Å². The normalized spacial score (nSPS) is 19.7. The fraction of sp³-hybridized carbons (Fsp3) is 0.435. The molecule has 0 radical (unpaired) electrons. The molecule has 1 aromatic carbocycles. The first kappa shape index (κ1) is 25.4. The van der Waals surface area contributed by atoms with Gasteiger partial charge in [0.1, 0.15) is 0 Å². The fourth-order valence-electron chi connectivity index (χ4n) is 3.49. The molecule has 2 unspecified atom stereocenters. The Morgan fingerprint density at radius 2 is 2.12 bits per heavy atom. The number of hydrogen-bond acceptors (Lipinski definition) is 8. The number of fused-ring (bicyclic) bond motifs is 1. The SMILES string of the molecule is CC(CCn1cnc2cc(C#CC#C[C@@H]3C[C@H]3C(O)CO)ccc2c1=O)(C(=O)NO)S(C)(=O)=O. The van der Waals surface area contributed by atoms with E-state index in [1.807, 2.05) is 0 Å². The quantitative estimate of drug-likeness (QED) is 0.230. The largest absolute Gasteiger partial charge is 0.394 e. The van der Waals surface area contributed by atoms with Crippen molar-refractivity contribution in [1.29, 1.82) is 0 Å². The number of nitrogens with one attached hydrogen (secondary N) is 1. The molecule has 2 aromatic rings. The van der Waals surface area contributed by atoms with Gasteiger partial charge in [-0.25, -0.2) is 18.9 Å². The van der Waals surface area contributed by atoms with Crippen LogP contribution in [-0.4, -0.2) is 63.0 Å². The maximum absolute atomic E-state index is 12.8. The van der Waals surface area contributed by atoms with Crippen LogP contribution >= 0.6 is 0 Å². The second-order valence-electron chi connectivity index (χ2n) is 8.44. The van der Waals surface area contributed by atoms with E-state index in [-0.39, 0.29) is 31.4 Å². The van der Waals surface area contributed by atoms with Crippen molar-refractivity contribution in [2.75, 3.05) is 12.9 Å². The van der Waals surface area contributed by atoms with Gasteiger partial charge in [0, 0.05) is 30.2 Å². The summed E-state index contributed by atoms with van der Waals surface area (Å²) in [6.07, 6.45) is 1.88. The molecule has 4 atom stereocenters. The number of nitrogens with zero attached hydrogens (tertiary/aromatic N) is 2. The Hall–Kier alpha value is -3.22. The third-order valence-corrected chi connectivity index (χ3v) is 8.13. The zero-order valence-corrected chi connectivity index (χ0v) is 19.5. The van der Waals surface area contributed by atoms with Crippen LogP contribution in [0.4, 0.5) is 0 Å². The van der Waals surface area contributed by atoms with Crippen LogP contribution in [0, 0.1) is 35.5 Å². The zero-order chi connectivity index (χ0) is 25.1. The average Bonchev–Trinajstić information content (AvgIpc) is 3.59. The van der Waals surface area contributed by atoms with Crippen molar-refractivity contribution in [3.8, 4) is 23.7 Å². The van der Waals surface area contributed by atoms with E-state index >= 15 is 0 Å². The van der Waals surface area contributed by atoms with E-state index in [1.165, 1.54) is 23.3 Å². The van der Waals surface area contributed by atoms with E-state index < -0.39 is 32.2 Å². The van der Waals surface area contributed by atoms with Gasteiger partial charge in [-0.2, -0.15) is 0 Å². The number of sulfone groups is 1. The summed E-state index contributed by atoms with van der Waals surface area (Å²) < 4.78 is 23.5. The molecule has 0 spiro atoms. The summed E-state index contributed by atoms with van der Waals surface area (Å²) in [6.45, 7) is 0.789. The molecule has 10 nitrogen and oxygen atoms in total. The average molecular weight is 488 g/mol. The Kier molecular flexibility index (Phi) is 7.44. The van der Waals surface area contributed by atoms with Crippen LogP contribution in [0.1, 0.15) is 25.3 Å². The molecule has 0 saturated heterocycles. The Balaban J connectivity index is 1.76. The van der Waals surface area contributed by atoms with Crippen molar-refractivity contribution in [2.24, 2.45) is 11.8 Å².